The Hall–Kier alpha value is -2.77. The van der Waals surface area contributed by atoms with Crippen LogP contribution in [-0.2, 0) is 7.05 Å². The van der Waals surface area contributed by atoms with Gasteiger partial charge < -0.3 is 5.32 Å². The summed E-state index contributed by atoms with van der Waals surface area (Å²) in [4.78, 5) is 20.1. The van der Waals surface area contributed by atoms with Crippen molar-refractivity contribution < 1.29 is 4.79 Å². The third-order valence-corrected chi connectivity index (χ3v) is 2.59. The molecule has 0 aromatic carbocycles. The summed E-state index contributed by atoms with van der Waals surface area (Å²) in [5.41, 5.74) is 0.856. The number of nitrogens with one attached hydrogen (secondary N) is 1. The summed E-state index contributed by atoms with van der Waals surface area (Å²) < 4.78 is 3.12. The smallest absolute Gasteiger partial charge is 0.296 e. The molecule has 0 radical (unpaired) electrons. The van der Waals surface area contributed by atoms with Crippen molar-refractivity contribution in [3.8, 4) is 0 Å². The van der Waals surface area contributed by atoms with E-state index in [4.69, 9.17) is 0 Å². The first kappa shape index (κ1) is 11.3. The number of anilines is 1. The lowest BCUT2D eigenvalue weighted by molar-refractivity contribution is 0.101. The number of carbonyl (C=O) groups excluding carboxylic acids is 1. The van der Waals surface area contributed by atoms with Crippen LogP contribution in [-0.4, -0.2) is 35.3 Å². The summed E-state index contributed by atoms with van der Waals surface area (Å²) in [6, 6.07) is 3.49. The number of nitrogens with zero attached hydrogens (tertiary/aromatic N) is 6. The monoisotopic (exact) mass is 257 g/mol. The Balaban J connectivity index is 1.91. The average molecular weight is 257 g/mol. The number of hydrogen-bond donors (Lipinski definition) is 1. The van der Waals surface area contributed by atoms with Gasteiger partial charge in [0.1, 0.15) is 0 Å². The fourth-order valence-corrected chi connectivity index (χ4v) is 1.66. The molecule has 0 fully saturated rings. The molecule has 8 nitrogen and oxygen atoms in total. The highest BCUT2D eigenvalue weighted by molar-refractivity contribution is 6.01. The van der Waals surface area contributed by atoms with Crippen molar-refractivity contribution in [2.45, 2.75) is 6.92 Å². The third-order valence-electron chi connectivity index (χ3n) is 2.59. The summed E-state index contributed by atoms with van der Waals surface area (Å²) in [5.74, 6) is 0.498. The van der Waals surface area contributed by atoms with Crippen molar-refractivity contribution in [3.05, 3.63) is 36.0 Å². The van der Waals surface area contributed by atoms with Gasteiger partial charge in [0, 0.05) is 31.2 Å². The largest absolute Gasteiger partial charge is 0.302 e. The Bertz CT molecular complexity index is 757. The SMILES string of the molecule is Cc1ccnc2nc(C(=O)Nc3ccn(C)n3)nn12. The summed E-state index contributed by atoms with van der Waals surface area (Å²) in [6.45, 7) is 1.86. The zero-order valence-electron chi connectivity index (χ0n) is 10.4. The van der Waals surface area contributed by atoms with Gasteiger partial charge in [-0.3, -0.25) is 9.48 Å². The van der Waals surface area contributed by atoms with Crippen LogP contribution in [0.25, 0.3) is 5.78 Å². The molecular formula is C11H11N7O. The second kappa shape index (κ2) is 4.16. The molecule has 96 valence electrons. The van der Waals surface area contributed by atoms with Crippen LogP contribution in [0.4, 0.5) is 5.82 Å². The van der Waals surface area contributed by atoms with E-state index in [1.807, 2.05) is 6.92 Å². The molecule has 3 rings (SSSR count). The van der Waals surface area contributed by atoms with Gasteiger partial charge in [0.05, 0.1) is 0 Å². The highest BCUT2D eigenvalue weighted by atomic mass is 16.2. The van der Waals surface area contributed by atoms with Crippen molar-refractivity contribution in [3.63, 3.8) is 0 Å². The van der Waals surface area contributed by atoms with Crippen LogP contribution < -0.4 is 5.32 Å². The molecule has 0 saturated heterocycles. The molecule has 0 atom stereocenters. The number of hydrogen-bond acceptors (Lipinski definition) is 5. The molecule has 0 bridgehead atoms. The summed E-state index contributed by atoms with van der Waals surface area (Å²) in [6.07, 6.45) is 3.36. The summed E-state index contributed by atoms with van der Waals surface area (Å²) >= 11 is 0. The van der Waals surface area contributed by atoms with Crippen molar-refractivity contribution in [2.24, 2.45) is 7.05 Å². The molecule has 3 aromatic heterocycles. The van der Waals surface area contributed by atoms with Crippen LogP contribution >= 0.6 is 0 Å². The molecule has 0 spiro atoms. The van der Waals surface area contributed by atoms with E-state index in [9.17, 15) is 4.79 Å². The fraction of sp³-hybridized carbons (Fsp3) is 0.182. The first-order valence-electron chi connectivity index (χ1n) is 5.63. The van der Waals surface area contributed by atoms with Crippen molar-refractivity contribution in [1.29, 1.82) is 0 Å². The predicted molar refractivity (Wildman–Crippen MR) is 66.7 cm³/mol. The maximum absolute atomic E-state index is 12.0. The van der Waals surface area contributed by atoms with Crippen LogP contribution in [0.15, 0.2) is 24.5 Å². The normalized spacial score (nSPS) is 10.8. The summed E-state index contributed by atoms with van der Waals surface area (Å²) in [5, 5.41) is 10.8. The topological polar surface area (TPSA) is 90.0 Å². The van der Waals surface area contributed by atoms with E-state index >= 15 is 0 Å². The standard InChI is InChI=1S/C11H11N7O/c1-7-3-5-12-11-14-9(16-18(7)11)10(19)13-8-4-6-17(2)15-8/h3-6H,1-2H3,(H,13,15,19). The minimum Gasteiger partial charge on any atom is -0.302 e. The zero-order chi connectivity index (χ0) is 13.4. The van der Waals surface area contributed by atoms with E-state index in [0.717, 1.165) is 5.69 Å². The molecule has 0 aliphatic carbocycles. The van der Waals surface area contributed by atoms with Crippen LogP contribution in [0, 0.1) is 6.92 Å². The predicted octanol–water partition coefficient (Wildman–Crippen LogP) is 0.419. The molecular weight excluding hydrogens is 246 g/mol. The van der Waals surface area contributed by atoms with Gasteiger partial charge in [0.25, 0.3) is 11.7 Å². The average Bonchev–Trinajstić information content (AvgIpc) is 2.96. The van der Waals surface area contributed by atoms with Crippen LogP contribution in [0.3, 0.4) is 0 Å². The maximum Gasteiger partial charge on any atom is 0.296 e. The number of amides is 1. The minimum atomic E-state index is -0.413. The Morgan fingerprint density at radius 3 is 2.84 bits per heavy atom. The Morgan fingerprint density at radius 2 is 2.16 bits per heavy atom. The molecule has 8 heteroatoms. The zero-order valence-corrected chi connectivity index (χ0v) is 10.4. The van der Waals surface area contributed by atoms with E-state index < -0.39 is 5.91 Å². The number of aromatic nitrogens is 6. The molecule has 0 saturated carbocycles. The van der Waals surface area contributed by atoms with Crippen LogP contribution in [0.2, 0.25) is 0 Å². The molecule has 1 amide bonds. The van der Waals surface area contributed by atoms with Crippen molar-refractivity contribution in [2.75, 3.05) is 5.32 Å². The van der Waals surface area contributed by atoms with E-state index in [-0.39, 0.29) is 5.82 Å². The van der Waals surface area contributed by atoms with Crippen LogP contribution in [0.1, 0.15) is 16.3 Å². The number of rotatable bonds is 2. The van der Waals surface area contributed by atoms with E-state index in [0.29, 0.717) is 11.6 Å². The van der Waals surface area contributed by atoms with Gasteiger partial charge in [-0.25, -0.2) is 9.50 Å². The van der Waals surface area contributed by atoms with Crippen LogP contribution in [0.5, 0.6) is 0 Å². The van der Waals surface area contributed by atoms with E-state index in [1.54, 1.807) is 36.3 Å². The minimum absolute atomic E-state index is 0.0625. The Morgan fingerprint density at radius 1 is 1.32 bits per heavy atom. The lowest BCUT2D eigenvalue weighted by atomic mass is 10.5. The first-order chi connectivity index (χ1) is 9.13. The molecule has 19 heavy (non-hydrogen) atoms. The first-order valence-corrected chi connectivity index (χ1v) is 5.63. The molecule has 3 heterocycles. The summed E-state index contributed by atoms with van der Waals surface area (Å²) in [7, 11) is 1.77. The molecule has 0 aliphatic rings. The maximum atomic E-state index is 12.0. The van der Waals surface area contributed by atoms with Gasteiger partial charge in [-0.1, -0.05) is 0 Å². The third kappa shape index (κ3) is 2.03. The lowest BCUT2D eigenvalue weighted by Gasteiger charge is -1.96. The number of aryl methyl sites for hydroxylation is 2. The molecule has 0 unspecified atom stereocenters. The van der Waals surface area contributed by atoms with Gasteiger partial charge >= 0.3 is 0 Å². The molecule has 1 N–H and O–H groups in total. The van der Waals surface area contributed by atoms with Crippen molar-refractivity contribution >= 4 is 17.5 Å². The highest BCUT2D eigenvalue weighted by Gasteiger charge is 2.15. The van der Waals surface area contributed by atoms with Crippen molar-refractivity contribution in [1.82, 2.24) is 29.4 Å². The van der Waals surface area contributed by atoms with Gasteiger partial charge in [0.2, 0.25) is 5.82 Å². The van der Waals surface area contributed by atoms with Gasteiger partial charge in [-0.2, -0.15) is 10.1 Å². The van der Waals surface area contributed by atoms with Gasteiger partial charge in [-0.15, -0.1) is 5.10 Å². The number of carbonyl (C=O) groups is 1. The quantitative estimate of drug-likeness (QED) is 0.718. The molecule has 3 aromatic rings. The fourth-order valence-electron chi connectivity index (χ4n) is 1.66. The second-order valence-electron chi connectivity index (χ2n) is 4.06. The van der Waals surface area contributed by atoms with Gasteiger partial charge in [0.15, 0.2) is 5.82 Å². The molecule has 0 aliphatic heterocycles. The Labute approximate surface area is 108 Å². The lowest BCUT2D eigenvalue weighted by Crippen LogP contribution is -2.14. The van der Waals surface area contributed by atoms with E-state index in [1.165, 1.54) is 4.52 Å². The van der Waals surface area contributed by atoms with Gasteiger partial charge in [-0.05, 0) is 13.0 Å². The second-order valence-corrected chi connectivity index (χ2v) is 4.06. The van der Waals surface area contributed by atoms with E-state index in [2.05, 4.69) is 25.5 Å². The number of fused-ring (bicyclic) bond motifs is 1. The Kier molecular flexibility index (Phi) is 2.48. The highest BCUT2D eigenvalue weighted by Crippen LogP contribution is 2.05.